The van der Waals surface area contributed by atoms with Crippen LogP contribution in [0.15, 0.2) is 36.4 Å². The third-order valence-corrected chi connectivity index (χ3v) is 3.24. The van der Waals surface area contributed by atoms with E-state index in [0.717, 1.165) is 6.42 Å². The Bertz CT molecular complexity index is 602. The van der Waals surface area contributed by atoms with Crippen molar-refractivity contribution in [3.63, 3.8) is 0 Å². The Morgan fingerprint density at radius 1 is 0.950 bits per heavy atom. The summed E-state index contributed by atoms with van der Waals surface area (Å²) in [4.78, 5) is 0. The molecule has 20 heavy (non-hydrogen) atoms. The summed E-state index contributed by atoms with van der Waals surface area (Å²) in [5, 5.41) is 0.925. The van der Waals surface area contributed by atoms with E-state index in [1.54, 1.807) is 36.4 Å². The van der Waals surface area contributed by atoms with Gasteiger partial charge in [-0.05, 0) is 18.6 Å². The van der Waals surface area contributed by atoms with Crippen molar-refractivity contribution in [2.24, 2.45) is 0 Å². The molecule has 0 unspecified atom stereocenters. The monoisotopic (exact) mass is 311 g/mol. The summed E-state index contributed by atoms with van der Waals surface area (Å²) in [6.45, 7) is 2.68. The number of hydrogen-bond donors (Lipinski definition) is 1. The minimum Gasteiger partial charge on any atom is -0.493 e. The normalized spacial score (nSPS) is 10.3. The quantitative estimate of drug-likeness (QED) is 0.776. The van der Waals surface area contributed by atoms with Crippen LogP contribution in [0.2, 0.25) is 10.0 Å². The average Bonchev–Trinajstić information content (AvgIpc) is 2.40. The number of nitrogens with two attached hydrogens (primary N) is 1. The summed E-state index contributed by atoms with van der Waals surface area (Å²) in [5.41, 5.74) is 6.41. The smallest absolute Gasteiger partial charge is 0.133 e. The largest absolute Gasteiger partial charge is 0.493 e. The molecule has 2 rings (SSSR count). The highest BCUT2D eigenvalue weighted by atomic mass is 35.5. The van der Waals surface area contributed by atoms with E-state index in [-0.39, 0.29) is 0 Å². The Balaban J connectivity index is 2.19. The molecule has 0 radical (unpaired) electrons. The average molecular weight is 312 g/mol. The van der Waals surface area contributed by atoms with Crippen molar-refractivity contribution in [3.05, 3.63) is 46.4 Å². The zero-order valence-corrected chi connectivity index (χ0v) is 12.5. The maximum absolute atomic E-state index is 5.95. The van der Waals surface area contributed by atoms with Crippen molar-refractivity contribution in [1.29, 1.82) is 0 Å². The van der Waals surface area contributed by atoms with Crippen molar-refractivity contribution in [3.8, 4) is 17.2 Å². The minimum absolute atomic E-state index is 0.440. The van der Waals surface area contributed by atoms with E-state index in [1.807, 2.05) is 6.92 Å². The van der Waals surface area contributed by atoms with E-state index in [9.17, 15) is 0 Å². The van der Waals surface area contributed by atoms with Gasteiger partial charge in [-0.25, -0.2) is 0 Å². The van der Waals surface area contributed by atoms with E-state index < -0.39 is 0 Å². The molecule has 0 bridgehead atoms. The first-order valence-electron chi connectivity index (χ1n) is 6.24. The second kappa shape index (κ2) is 6.73. The summed E-state index contributed by atoms with van der Waals surface area (Å²) in [6, 6.07) is 10.3. The first kappa shape index (κ1) is 14.8. The highest BCUT2D eigenvalue weighted by Crippen LogP contribution is 2.32. The van der Waals surface area contributed by atoms with Crippen LogP contribution in [-0.4, -0.2) is 6.61 Å². The fraction of sp³-hybridized carbons (Fsp3) is 0.200. The summed E-state index contributed by atoms with van der Waals surface area (Å²) >= 11 is 11.8. The highest BCUT2D eigenvalue weighted by molar-refractivity contribution is 6.42. The van der Waals surface area contributed by atoms with Crippen LogP contribution >= 0.6 is 23.2 Å². The van der Waals surface area contributed by atoms with E-state index in [2.05, 4.69) is 0 Å². The Kier molecular flexibility index (Phi) is 4.99. The zero-order valence-electron chi connectivity index (χ0n) is 11.0. The Labute approximate surface area is 128 Å². The number of nitrogen functional groups attached to an aromatic ring is 1. The van der Waals surface area contributed by atoms with Crippen molar-refractivity contribution >= 4 is 28.9 Å². The van der Waals surface area contributed by atoms with Gasteiger partial charge in [-0.1, -0.05) is 30.1 Å². The van der Waals surface area contributed by atoms with Crippen LogP contribution in [0.3, 0.4) is 0 Å². The number of ether oxygens (including phenoxy) is 2. The topological polar surface area (TPSA) is 44.5 Å². The molecule has 2 N–H and O–H groups in total. The van der Waals surface area contributed by atoms with Gasteiger partial charge in [0.25, 0.3) is 0 Å². The van der Waals surface area contributed by atoms with Gasteiger partial charge >= 0.3 is 0 Å². The summed E-state index contributed by atoms with van der Waals surface area (Å²) in [6.07, 6.45) is 0.928. The Hall–Kier alpha value is -1.58. The molecule has 3 nitrogen and oxygen atoms in total. The maximum Gasteiger partial charge on any atom is 0.133 e. The fourth-order valence-electron chi connectivity index (χ4n) is 1.63. The van der Waals surface area contributed by atoms with Crippen LogP contribution in [0, 0.1) is 0 Å². The predicted molar refractivity (Wildman–Crippen MR) is 83.2 cm³/mol. The molecule has 0 spiro atoms. The van der Waals surface area contributed by atoms with Gasteiger partial charge in [0.05, 0.1) is 16.7 Å². The number of benzene rings is 2. The molecule has 0 fully saturated rings. The van der Waals surface area contributed by atoms with Crippen LogP contribution in [0.4, 0.5) is 5.69 Å². The molecule has 0 aliphatic carbocycles. The first-order valence-corrected chi connectivity index (χ1v) is 7.00. The Morgan fingerprint density at radius 2 is 1.70 bits per heavy atom. The lowest BCUT2D eigenvalue weighted by Gasteiger charge is -2.10. The van der Waals surface area contributed by atoms with Crippen molar-refractivity contribution in [2.75, 3.05) is 12.3 Å². The molecule has 5 heteroatoms. The van der Waals surface area contributed by atoms with Gasteiger partial charge in [-0.2, -0.15) is 0 Å². The van der Waals surface area contributed by atoms with Crippen molar-refractivity contribution < 1.29 is 9.47 Å². The first-order chi connectivity index (χ1) is 9.58. The van der Waals surface area contributed by atoms with Gasteiger partial charge in [0.1, 0.15) is 17.2 Å². The van der Waals surface area contributed by atoms with Gasteiger partial charge in [0.15, 0.2) is 0 Å². The molecule has 0 aliphatic rings. The summed E-state index contributed by atoms with van der Waals surface area (Å²) in [5.74, 6) is 1.86. The van der Waals surface area contributed by atoms with Crippen LogP contribution in [0.25, 0.3) is 0 Å². The second-order valence-corrected chi connectivity index (χ2v) is 5.08. The third-order valence-electron chi connectivity index (χ3n) is 2.50. The van der Waals surface area contributed by atoms with E-state index in [1.165, 1.54) is 0 Å². The minimum atomic E-state index is 0.440. The van der Waals surface area contributed by atoms with Gasteiger partial charge < -0.3 is 15.2 Å². The lowest BCUT2D eigenvalue weighted by molar-refractivity contribution is 0.316. The van der Waals surface area contributed by atoms with Gasteiger partial charge in [0, 0.05) is 30.0 Å². The number of anilines is 1. The molecular formula is C15H15Cl2NO2. The molecule has 106 valence electrons. The number of halogens is 2. The molecule has 0 aliphatic heterocycles. The SMILES string of the molecule is CCCOc1cc(N)cc(Oc2ccc(Cl)c(Cl)c2)c1. The van der Waals surface area contributed by atoms with Gasteiger partial charge in [-0.3, -0.25) is 0 Å². The van der Waals surface area contributed by atoms with Crippen molar-refractivity contribution in [1.82, 2.24) is 0 Å². The van der Waals surface area contributed by atoms with E-state index in [0.29, 0.717) is 39.6 Å². The lowest BCUT2D eigenvalue weighted by atomic mass is 10.3. The molecule has 2 aromatic rings. The molecule has 0 saturated carbocycles. The number of hydrogen-bond acceptors (Lipinski definition) is 3. The van der Waals surface area contributed by atoms with Gasteiger partial charge in [0.2, 0.25) is 0 Å². The fourth-order valence-corrected chi connectivity index (χ4v) is 1.92. The van der Waals surface area contributed by atoms with Crippen molar-refractivity contribution in [2.45, 2.75) is 13.3 Å². The molecular weight excluding hydrogens is 297 g/mol. The molecule has 0 heterocycles. The molecule has 0 amide bonds. The summed E-state index contributed by atoms with van der Waals surface area (Å²) < 4.78 is 11.3. The predicted octanol–water partition coefficient (Wildman–Crippen LogP) is 5.16. The van der Waals surface area contributed by atoms with Crippen LogP contribution in [0.1, 0.15) is 13.3 Å². The Morgan fingerprint density at radius 3 is 2.40 bits per heavy atom. The third kappa shape index (κ3) is 3.95. The molecule has 0 atom stereocenters. The van der Waals surface area contributed by atoms with Crippen LogP contribution in [0.5, 0.6) is 17.2 Å². The maximum atomic E-state index is 5.95. The lowest BCUT2D eigenvalue weighted by Crippen LogP contribution is -1.97. The number of rotatable bonds is 5. The summed E-state index contributed by atoms with van der Waals surface area (Å²) in [7, 11) is 0. The van der Waals surface area contributed by atoms with E-state index in [4.69, 9.17) is 38.4 Å². The molecule has 0 aromatic heterocycles. The standard InChI is InChI=1S/C15H15Cl2NO2/c1-2-5-19-12-6-10(18)7-13(8-12)20-11-3-4-14(16)15(17)9-11/h3-4,6-9H,2,5,18H2,1H3. The highest BCUT2D eigenvalue weighted by Gasteiger charge is 2.05. The van der Waals surface area contributed by atoms with Gasteiger partial charge in [-0.15, -0.1) is 0 Å². The second-order valence-electron chi connectivity index (χ2n) is 4.26. The van der Waals surface area contributed by atoms with E-state index >= 15 is 0 Å². The molecule has 0 saturated heterocycles. The zero-order chi connectivity index (χ0) is 14.5. The van der Waals surface area contributed by atoms with Crippen LogP contribution < -0.4 is 15.2 Å². The molecule has 2 aromatic carbocycles. The van der Waals surface area contributed by atoms with Crippen LogP contribution in [-0.2, 0) is 0 Å².